The van der Waals surface area contributed by atoms with Gasteiger partial charge < -0.3 is 19.1 Å². The van der Waals surface area contributed by atoms with E-state index in [4.69, 9.17) is 14.2 Å². The number of carbonyl (C=O) groups is 2. The molecule has 0 fully saturated rings. The number of methoxy groups -OCH3 is 2. The molecule has 0 aliphatic heterocycles. The van der Waals surface area contributed by atoms with Crippen LogP contribution in [-0.2, 0) is 23.8 Å². The molecule has 20 heavy (non-hydrogen) atoms. The Morgan fingerprint density at radius 3 is 1.85 bits per heavy atom. The van der Waals surface area contributed by atoms with Crippen molar-refractivity contribution in [3.63, 3.8) is 0 Å². The number of rotatable bonds is 9. The van der Waals surface area contributed by atoms with Crippen LogP contribution in [0.5, 0.6) is 0 Å². The number of hydrogen-bond donors (Lipinski definition) is 0. The molecule has 0 atom stereocenters. The van der Waals surface area contributed by atoms with Crippen molar-refractivity contribution >= 4 is 11.9 Å². The monoisotopic (exact) mass is 289 g/mol. The van der Waals surface area contributed by atoms with Gasteiger partial charge in [0.2, 0.25) is 5.91 Å². The third-order valence-electron chi connectivity index (χ3n) is 2.45. The summed E-state index contributed by atoms with van der Waals surface area (Å²) in [6, 6.07) is 0. The maximum atomic E-state index is 12.0. The Morgan fingerprint density at radius 2 is 1.45 bits per heavy atom. The molecule has 0 saturated heterocycles. The zero-order valence-electron chi connectivity index (χ0n) is 13.2. The fraction of sp³-hybridized carbons (Fsp3) is 0.857. The van der Waals surface area contributed by atoms with E-state index in [1.807, 2.05) is 0 Å². The summed E-state index contributed by atoms with van der Waals surface area (Å²) in [4.78, 5) is 25.2. The summed E-state index contributed by atoms with van der Waals surface area (Å²) >= 11 is 0. The van der Waals surface area contributed by atoms with Gasteiger partial charge in [0.05, 0.1) is 19.6 Å². The van der Waals surface area contributed by atoms with Crippen molar-refractivity contribution in [3.8, 4) is 0 Å². The minimum Gasteiger partial charge on any atom is -0.460 e. The summed E-state index contributed by atoms with van der Waals surface area (Å²) in [6.07, 6.45) is 0.231. The standard InChI is InChI=1S/C14H27NO5/c1-14(2,3)20-13(17)7-6-12(16)15(8-10-18-4)9-11-19-5/h6-11H2,1-5H3. The lowest BCUT2D eigenvalue weighted by Gasteiger charge is -2.23. The zero-order chi connectivity index (χ0) is 15.6. The van der Waals surface area contributed by atoms with Gasteiger partial charge in [-0.2, -0.15) is 0 Å². The van der Waals surface area contributed by atoms with E-state index in [9.17, 15) is 9.59 Å². The predicted octanol–water partition coefficient (Wildman–Crippen LogP) is 1.23. The van der Waals surface area contributed by atoms with Crippen LogP contribution in [0.4, 0.5) is 0 Å². The number of ether oxygens (including phenoxy) is 3. The first-order valence-electron chi connectivity index (χ1n) is 6.77. The highest BCUT2D eigenvalue weighted by atomic mass is 16.6. The summed E-state index contributed by atoms with van der Waals surface area (Å²) in [6.45, 7) is 7.31. The highest BCUT2D eigenvalue weighted by Gasteiger charge is 2.19. The summed E-state index contributed by atoms with van der Waals surface area (Å²) < 4.78 is 15.1. The molecule has 0 N–H and O–H groups in total. The van der Waals surface area contributed by atoms with Crippen molar-refractivity contribution in [1.29, 1.82) is 0 Å². The molecule has 0 aromatic carbocycles. The molecule has 6 nitrogen and oxygen atoms in total. The molecular formula is C14H27NO5. The summed E-state index contributed by atoms with van der Waals surface area (Å²) in [5.41, 5.74) is -0.522. The van der Waals surface area contributed by atoms with Crippen molar-refractivity contribution in [1.82, 2.24) is 4.90 Å². The SMILES string of the molecule is COCCN(CCOC)C(=O)CCC(=O)OC(C)(C)C. The maximum Gasteiger partial charge on any atom is 0.306 e. The van der Waals surface area contributed by atoms with Gasteiger partial charge in [-0.25, -0.2) is 0 Å². The number of esters is 1. The second kappa shape index (κ2) is 9.72. The van der Waals surface area contributed by atoms with Crippen LogP contribution < -0.4 is 0 Å². The quantitative estimate of drug-likeness (QED) is 0.597. The Labute approximate surface area is 121 Å². The van der Waals surface area contributed by atoms with Gasteiger partial charge in [0, 0.05) is 33.7 Å². The fourth-order valence-electron chi connectivity index (χ4n) is 1.52. The Bertz CT molecular complexity index is 290. The Kier molecular flexibility index (Phi) is 9.16. The highest BCUT2D eigenvalue weighted by Crippen LogP contribution is 2.09. The first kappa shape index (κ1) is 18.9. The Balaban J connectivity index is 4.20. The van der Waals surface area contributed by atoms with Crippen LogP contribution in [0.15, 0.2) is 0 Å². The van der Waals surface area contributed by atoms with E-state index in [0.29, 0.717) is 26.3 Å². The van der Waals surface area contributed by atoms with Gasteiger partial charge in [0.25, 0.3) is 0 Å². The molecule has 118 valence electrons. The number of amides is 1. The van der Waals surface area contributed by atoms with Crippen LogP contribution >= 0.6 is 0 Å². The first-order chi connectivity index (χ1) is 9.30. The van der Waals surface area contributed by atoms with Gasteiger partial charge in [-0.1, -0.05) is 0 Å². The second-order valence-corrected chi connectivity index (χ2v) is 5.45. The van der Waals surface area contributed by atoms with Crippen LogP contribution in [0, 0.1) is 0 Å². The van der Waals surface area contributed by atoms with Crippen LogP contribution in [-0.4, -0.2) is 62.9 Å². The van der Waals surface area contributed by atoms with E-state index >= 15 is 0 Å². The number of carbonyl (C=O) groups excluding carboxylic acids is 2. The van der Waals surface area contributed by atoms with E-state index in [1.165, 1.54) is 0 Å². The summed E-state index contributed by atoms with van der Waals surface area (Å²) in [5.74, 6) is -0.450. The van der Waals surface area contributed by atoms with Gasteiger partial charge in [-0.15, -0.1) is 0 Å². The average Bonchev–Trinajstić information content (AvgIpc) is 2.34. The third kappa shape index (κ3) is 9.75. The molecule has 0 aliphatic rings. The van der Waals surface area contributed by atoms with Crippen molar-refractivity contribution in [2.45, 2.75) is 39.2 Å². The lowest BCUT2D eigenvalue weighted by Crippen LogP contribution is -2.36. The fourth-order valence-corrected chi connectivity index (χ4v) is 1.52. The smallest absolute Gasteiger partial charge is 0.306 e. The normalized spacial score (nSPS) is 11.2. The van der Waals surface area contributed by atoms with E-state index < -0.39 is 5.60 Å². The minimum absolute atomic E-state index is 0.0898. The Hall–Kier alpha value is -1.14. The Morgan fingerprint density at radius 1 is 0.950 bits per heavy atom. The maximum absolute atomic E-state index is 12.0. The molecular weight excluding hydrogens is 262 g/mol. The molecule has 1 amide bonds. The lowest BCUT2D eigenvalue weighted by atomic mass is 10.2. The number of nitrogens with zero attached hydrogens (tertiary/aromatic N) is 1. The molecule has 0 radical (unpaired) electrons. The molecule has 0 aliphatic carbocycles. The van der Waals surface area contributed by atoms with Gasteiger partial charge >= 0.3 is 5.97 Å². The van der Waals surface area contributed by atoms with Crippen molar-refractivity contribution < 1.29 is 23.8 Å². The molecule has 0 spiro atoms. The molecule has 0 aromatic rings. The molecule has 0 aromatic heterocycles. The lowest BCUT2D eigenvalue weighted by molar-refractivity contribution is -0.156. The van der Waals surface area contributed by atoms with E-state index in [2.05, 4.69) is 0 Å². The predicted molar refractivity (Wildman–Crippen MR) is 75.4 cm³/mol. The molecule has 0 saturated carbocycles. The largest absolute Gasteiger partial charge is 0.460 e. The second-order valence-electron chi connectivity index (χ2n) is 5.45. The summed E-state index contributed by atoms with van der Waals surface area (Å²) in [5, 5.41) is 0. The minimum atomic E-state index is -0.522. The number of hydrogen-bond acceptors (Lipinski definition) is 5. The molecule has 0 heterocycles. The van der Waals surface area contributed by atoms with Crippen LogP contribution in [0.2, 0.25) is 0 Å². The van der Waals surface area contributed by atoms with Crippen molar-refractivity contribution in [2.75, 3.05) is 40.5 Å². The van der Waals surface area contributed by atoms with Crippen molar-refractivity contribution in [2.24, 2.45) is 0 Å². The van der Waals surface area contributed by atoms with Crippen LogP contribution in [0.3, 0.4) is 0 Å². The molecule has 0 bridgehead atoms. The topological polar surface area (TPSA) is 65.1 Å². The van der Waals surface area contributed by atoms with Crippen LogP contribution in [0.1, 0.15) is 33.6 Å². The molecule has 0 rings (SSSR count). The third-order valence-corrected chi connectivity index (χ3v) is 2.45. The summed E-state index contributed by atoms with van der Waals surface area (Å²) in [7, 11) is 3.17. The highest BCUT2D eigenvalue weighted by molar-refractivity contribution is 5.81. The van der Waals surface area contributed by atoms with E-state index in [0.717, 1.165) is 0 Å². The first-order valence-corrected chi connectivity index (χ1v) is 6.77. The van der Waals surface area contributed by atoms with Gasteiger partial charge in [-0.05, 0) is 20.8 Å². The van der Waals surface area contributed by atoms with Crippen molar-refractivity contribution in [3.05, 3.63) is 0 Å². The van der Waals surface area contributed by atoms with E-state index in [-0.39, 0.29) is 24.7 Å². The molecule has 0 unspecified atom stereocenters. The van der Waals surface area contributed by atoms with Gasteiger partial charge in [0.15, 0.2) is 0 Å². The zero-order valence-corrected chi connectivity index (χ0v) is 13.2. The average molecular weight is 289 g/mol. The van der Waals surface area contributed by atoms with Crippen LogP contribution in [0.25, 0.3) is 0 Å². The van der Waals surface area contributed by atoms with E-state index in [1.54, 1.807) is 39.9 Å². The molecule has 6 heteroatoms. The van der Waals surface area contributed by atoms with Gasteiger partial charge in [-0.3, -0.25) is 9.59 Å². The van der Waals surface area contributed by atoms with Gasteiger partial charge in [0.1, 0.15) is 5.60 Å².